The van der Waals surface area contributed by atoms with Gasteiger partial charge >= 0.3 is 5.97 Å². The maximum atomic E-state index is 14.2. The largest absolute Gasteiger partial charge is 0.502 e. The van der Waals surface area contributed by atoms with Gasteiger partial charge in [0.15, 0.2) is 28.8 Å². The summed E-state index contributed by atoms with van der Waals surface area (Å²) in [5.41, 5.74) is 3.85. The van der Waals surface area contributed by atoms with Gasteiger partial charge < -0.3 is 42.5 Å². The van der Waals surface area contributed by atoms with Crippen molar-refractivity contribution < 1.29 is 42.7 Å². The summed E-state index contributed by atoms with van der Waals surface area (Å²) in [6.07, 6.45) is 1.90. The summed E-state index contributed by atoms with van der Waals surface area (Å²) in [6, 6.07) is 16.0. The standard InChI is InChI=1S/C42H44N2O11/c1-49-32-16-24-12-14-43(38(28(24)20-33(32)50-2)26-17-34(51-3)41(54-6)35(18-26)52-4)22-27-19-31(45)39(47)40(55-27)29(21-36(46)53-5)30-15-25-10-7-9-23-11-8-13-44(37(23)25)42(30)48/h7,9-10,15-20,29,38,47H,8,11-14,21-22H2,1-6H3/t29-,38-/m0/s1. The maximum Gasteiger partial charge on any atom is 0.306 e. The van der Waals surface area contributed by atoms with E-state index in [1.807, 2.05) is 42.5 Å². The molecule has 5 aromatic rings. The lowest BCUT2D eigenvalue weighted by Gasteiger charge is -2.38. The Morgan fingerprint density at radius 3 is 2.22 bits per heavy atom. The molecule has 13 heteroatoms. The molecule has 0 amide bonds. The average Bonchev–Trinajstić information content (AvgIpc) is 3.21. The number of carbonyl (C=O) groups excluding carboxylic acids is 1. The fourth-order valence-electron chi connectivity index (χ4n) is 8.12. The summed E-state index contributed by atoms with van der Waals surface area (Å²) < 4.78 is 41.6. The molecule has 0 unspecified atom stereocenters. The summed E-state index contributed by atoms with van der Waals surface area (Å²) in [6.45, 7) is 1.12. The molecule has 2 atom stereocenters. The SMILES string of the molecule is COC(=O)C[C@H](c1oc(CN2CCc3cc(OC)c(OC)cc3[C@@H]2c2cc(OC)c(OC)c(OC)c2)cc(=O)c1O)c1cc2cccc3c2n(c1=O)CCC3. The van der Waals surface area contributed by atoms with Crippen LogP contribution in [0.25, 0.3) is 10.9 Å². The number of nitrogens with zero attached hydrogens (tertiary/aromatic N) is 2. The lowest BCUT2D eigenvalue weighted by molar-refractivity contribution is -0.141. The molecule has 2 aliphatic heterocycles. The number of hydrogen-bond acceptors (Lipinski definition) is 12. The third-order valence-electron chi connectivity index (χ3n) is 10.7. The van der Waals surface area contributed by atoms with Crippen LogP contribution in [0.15, 0.2) is 68.6 Å². The number of fused-ring (bicyclic) bond motifs is 1. The van der Waals surface area contributed by atoms with Crippen molar-refractivity contribution in [2.45, 2.75) is 50.7 Å². The fourth-order valence-corrected chi connectivity index (χ4v) is 8.12. The zero-order chi connectivity index (χ0) is 39.0. The average molecular weight is 753 g/mol. The van der Waals surface area contributed by atoms with Gasteiger partial charge in [-0.3, -0.25) is 19.3 Å². The second-order valence-electron chi connectivity index (χ2n) is 13.6. The Morgan fingerprint density at radius 2 is 1.55 bits per heavy atom. The number of benzene rings is 3. The second-order valence-corrected chi connectivity index (χ2v) is 13.6. The van der Waals surface area contributed by atoms with E-state index in [-0.39, 0.29) is 35.6 Å². The first kappa shape index (κ1) is 37.4. The monoisotopic (exact) mass is 752 g/mol. The normalized spacial score (nSPS) is 15.6. The third-order valence-corrected chi connectivity index (χ3v) is 10.7. The van der Waals surface area contributed by atoms with Gasteiger partial charge in [0.05, 0.1) is 73.1 Å². The van der Waals surface area contributed by atoms with Gasteiger partial charge in [-0.15, -0.1) is 0 Å². The number of aryl methyl sites for hydroxylation is 2. The molecular formula is C42H44N2O11. The first-order chi connectivity index (χ1) is 26.6. The Kier molecular flexibility index (Phi) is 10.5. The summed E-state index contributed by atoms with van der Waals surface area (Å²) in [5, 5.41) is 12.1. The summed E-state index contributed by atoms with van der Waals surface area (Å²) in [7, 11) is 9.05. The number of carbonyl (C=O) groups is 1. The van der Waals surface area contributed by atoms with Crippen LogP contribution >= 0.6 is 0 Å². The number of methoxy groups -OCH3 is 6. The van der Waals surface area contributed by atoms with Gasteiger partial charge in [0, 0.05) is 24.7 Å². The lowest BCUT2D eigenvalue weighted by Crippen LogP contribution is -2.36. The number of esters is 1. The van der Waals surface area contributed by atoms with E-state index in [0.29, 0.717) is 48.3 Å². The molecule has 1 N–H and O–H groups in total. The van der Waals surface area contributed by atoms with E-state index in [2.05, 4.69) is 4.90 Å². The van der Waals surface area contributed by atoms with E-state index in [1.165, 1.54) is 20.3 Å². The molecule has 0 saturated carbocycles. The molecule has 0 radical (unpaired) electrons. The smallest absolute Gasteiger partial charge is 0.306 e. The number of para-hydroxylation sites is 1. The van der Waals surface area contributed by atoms with Gasteiger partial charge in [0.1, 0.15) is 5.76 Å². The number of hydrogen-bond donors (Lipinski definition) is 1. The van der Waals surface area contributed by atoms with Gasteiger partial charge in [-0.25, -0.2) is 0 Å². The molecule has 0 saturated heterocycles. The molecular weight excluding hydrogens is 708 g/mol. The summed E-state index contributed by atoms with van der Waals surface area (Å²) in [5.74, 6) is 0.103. The Morgan fingerprint density at radius 1 is 0.836 bits per heavy atom. The third kappa shape index (κ3) is 6.73. The topological polar surface area (TPSA) is 148 Å². The van der Waals surface area contributed by atoms with E-state index >= 15 is 0 Å². The van der Waals surface area contributed by atoms with E-state index in [0.717, 1.165) is 46.0 Å². The van der Waals surface area contributed by atoms with Gasteiger partial charge in [0.25, 0.3) is 5.56 Å². The van der Waals surface area contributed by atoms with Crippen molar-refractivity contribution in [3.05, 3.63) is 115 Å². The van der Waals surface area contributed by atoms with E-state index in [9.17, 15) is 19.5 Å². The molecule has 3 aromatic carbocycles. The van der Waals surface area contributed by atoms with Crippen molar-refractivity contribution in [2.24, 2.45) is 0 Å². The fraction of sp³-hybridized carbons (Fsp3) is 0.357. The Labute approximate surface area is 317 Å². The minimum Gasteiger partial charge on any atom is -0.502 e. The number of ether oxygens (including phenoxy) is 6. The molecule has 0 spiro atoms. The van der Waals surface area contributed by atoms with Crippen molar-refractivity contribution in [1.29, 1.82) is 0 Å². The van der Waals surface area contributed by atoms with Gasteiger partial charge in [-0.1, -0.05) is 18.2 Å². The summed E-state index contributed by atoms with van der Waals surface area (Å²) in [4.78, 5) is 42.9. The number of pyridine rings is 1. The van der Waals surface area contributed by atoms with Crippen LogP contribution in [0.5, 0.6) is 34.5 Å². The van der Waals surface area contributed by atoms with Crippen LogP contribution in [0.2, 0.25) is 0 Å². The van der Waals surface area contributed by atoms with Crippen LogP contribution < -0.4 is 34.7 Å². The minimum absolute atomic E-state index is 0.105. The Bertz CT molecular complexity index is 2370. The van der Waals surface area contributed by atoms with Crippen LogP contribution in [0.3, 0.4) is 0 Å². The van der Waals surface area contributed by atoms with Crippen LogP contribution in [-0.4, -0.2) is 69.7 Å². The predicted molar refractivity (Wildman–Crippen MR) is 203 cm³/mol. The number of rotatable bonds is 12. The van der Waals surface area contributed by atoms with E-state index < -0.39 is 29.1 Å². The molecule has 7 rings (SSSR count). The highest BCUT2D eigenvalue weighted by atomic mass is 16.5. The molecule has 4 heterocycles. The van der Waals surface area contributed by atoms with Crippen molar-refractivity contribution >= 4 is 16.9 Å². The zero-order valence-corrected chi connectivity index (χ0v) is 31.7. The lowest BCUT2D eigenvalue weighted by atomic mass is 9.87. The van der Waals surface area contributed by atoms with Gasteiger partial charge in [0.2, 0.25) is 16.9 Å². The summed E-state index contributed by atoms with van der Waals surface area (Å²) >= 11 is 0. The van der Waals surface area contributed by atoms with Crippen LogP contribution in [-0.2, 0) is 35.5 Å². The van der Waals surface area contributed by atoms with Gasteiger partial charge in [-0.2, -0.15) is 0 Å². The van der Waals surface area contributed by atoms with Crippen molar-refractivity contribution in [3.63, 3.8) is 0 Å². The number of aromatic hydroxyl groups is 1. The molecule has 0 bridgehead atoms. The first-order valence-corrected chi connectivity index (χ1v) is 18.0. The Hall–Kier alpha value is -5.95. The van der Waals surface area contributed by atoms with E-state index in [4.69, 9.17) is 32.8 Å². The Balaban J connectivity index is 1.37. The van der Waals surface area contributed by atoms with Gasteiger partial charge in [-0.05, 0) is 77.2 Å². The highest BCUT2D eigenvalue weighted by Crippen LogP contribution is 2.46. The van der Waals surface area contributed by atoms with E-state index in [1.54, 1.807) is 39.1 Å². The van der Waals surface area contributed by atoms with Crippen molar-refractivity contribution in [2.75, 3.05) is 49.2 Å². The maximum absolute atomic E-state index is 14.2. The molecule has 0 aliphatic carbocycles. The quantitative estimate of drug-likeness (QED) is 0.161. The molecule has 13 nitrogen and oxygen atoms in total. The molecule has 0 fully saturated rings. The minimum atomic E-state index is -1.11. The van der Waals surface area contributed by atoms with Crippen LogP contribution in [0.1, 0.15) is 64.1 Å². The first-order valence-electron chi connectivity index (χ1n) is 18.0. The second kappa shape index (κ2) is 15.4. The van der Waals surface area contributed by atoms with Crippen molar-refractivity contribution in [3.8, 4) is 34.5 Å². The van der Waals surface area contributed by atoms with Crippen LogP contribution in [0.4, 0.5) is 0 Å². The molecule has 288 valence electrons. The molecule has 2 aliphatic rings. The van der Waals surface area contributed by atoms with Crippen LogP contribution in [0, 0.1) is 0 Å². The van der Waals surface area contributed by atoms with Crippen molar-refractivity contribution in [1.82, 2.24) is 9.47 Å². The zero-order valence-electron chi connectivity index (χ0n) is 31.7. The number of aromatic nitrogens is 1. The molecule has 2 aromatic heterocycles. The molecule has 55 heavy (non-hydrogen) atoms. The highest BCUT2D eigenvalue weighted by Gasteiger charge is 2.35. The highest BCUT2D eigenvalue weighted by molar-refractivity contribution is 5.84. The predicted octanol–water partition coefficient (Wildman–Crippen LogP) is 5.49.